The Morgan fingerprint density at radius 3 is 2.27 bits per heavy atom. The quantitative estimate of drug-likeness (QED) is 0.276. The van der Waals surface area contributed by atoms with E-state index in [0.717, 1.165) is 13.0 Å². The minimum atomic E-state index is -0.483. The van der Waals surface area contributed by atoms with E-state index in [0.29, 0.717) is 19.3 Å². The van der Waals surface area contributed by atoms with Crippen molar-refractivity contribution in [2.75, 3.05) is 19.8 Å². The van der Waals surface area contributed by atoms with Crippen LogP contribution in [0, 0.1) is 0 Å². The molecule has 132 valence electrons. The summed E-state index contributed by atoms with van der Waals surface area (Å²) in [6.45, 7) is 15.1. The number of rotatable bonds is 14. The Hall–Kier alpha value is -0.380. The van der Waals surface area contributed by atoms with Gasteiger partial charge < -0.3 is 14.8 Å². The van der Waals surface area contributed by atoms with Crippen LogP contribution >= 0.6 is 0 Å². The first-order chi connectivity index (χ1) is 10.5. The lowest BCUT2D eigenvalue weighted by Crippen LogP contribution is -2.28. The molecule has 0 heterocycles. The Bertz CT molecular complexity index is 283. The van der Waals surface area contributed by atoms with Crippen LogP contribution in [0.2, 0.25) is 0 Å². The van der Waals surface area contributed by atoms with E-state index >= 15 is 0 Å². The number of allylic oxidation sites excluding steroid dienone is 1. The van der Waals surface area contributed by atoms with E-state index in [4.69, 9.17) is 9.47 Å². The molecule has 0 amide bonds. The highest BCUT2D eigenvalue weighted by Crippen LogP contribution is 2.14. The summed E-state index contributed by atoms with van der Waals surface area (Å²) in [7, 11) is 0. The zero-order valence-corrected chi connectivity index (χ0v) is 15.8. The van der Waals surface area contributed by atoms with Gasteiger partial charge in [0.1, 0.15) is 0 Å². The van der Waals surface area contributed by atoms with Gasteiger partial charge in [0, 0.05) is 12.6 Å². The lowest BCUT2D eigenvalue weighted by Gasteiger charge is -2.24. The molecule has 0 unspecified atom stereocenters. The summed E-state index contributed by atoms with van der Waals surface area (Å²) in [6, 6.07) is 0.690. The predicted octanol–water partition coefficient (Wildman–Crippen LogP) is 5.06. The molecule has 0 radical (unpaired) electrons. The third-order valence-electron chi connectivity index (χ3n) is 4.09. The fourth-order valence-electron chi connectivity index (χ4n) is 2.53. The van der Waals surface area contributed by atoms with Gasteiger partial charge in [-0.25, -0.2) is 0 Å². The maximum atomic E-state index is 5.78. The summed E-state index contributed by atoms with van der Waals surface area (Å²) in [5, 5.41) is 3.63. The Morgan fingerprint density at radius 1 is 1.05 bits per heavy atom. The normalized spacial score (nSPS) is 13.1. The summed E-state index contributed by atoms with van der Waals surface area (Å²) >= 11 is 0. The van der Waals surface area contributed by atoms with Crippen molar-refractivity contribution < 1.29 is 9.47 Å². The van der Waals surface area contributed by atoms with Gasteiger partial charge in [0.25, 0.3) is 0 Å². The summed E-state index contributed by atoms with van der Waals surface area (Å²) in [5.74, 6) is -0.483. The second-order valence-corrected chi connectivity index (χ2v) is 6.28. The average molecular weight is 314 g/mol. The van der Waals surface area contributed by atoms with Crippen molar-refractivity contribution in [2.24, 2.45) is 0 Å². The number of hydrogen-bond donors (Lipinski definition) is 1. The largest absolute Gasteiger partial charge is 0.351 e. The summed E-state index contributed by atoms with van der Waals surface area (Å²) < 4.78 is 11.3. The molecule has 0 rings (SSSR count). The smallest absolute Gasteiger partial charge is 0.163 e. The molecule has 0 saturated heterocycles. The Labute approximate surface area is 138 Å². The van der Waals surface area contributed by atoms with Crippen LogP contribution in [-0.4, -0.2) is 31.6 Å². The van der Waals surface area contributed by atoms with E-state index < -0.39 is 5.79 Å². The standard InChI is InChI=1S/C19H39NO2/c1-7-17(14-16-22-19(5,6)21-10-4)13-11-12-15-20-18(8-2)9-3/h14,18,20H,7-13,15-16H2,1-6H3/b17-14+. The molecule has 0 bridgehead atoms. The van der Waals surface area contributed by atoms with Crippen molar-refractivity contribution >= 4 is 0 Å². The van der Waals surface area contributed by atoms with Crippen molar-refractivity contribution in [3.63, 3.8) is 0 Å². The first kappa shape index (κ1) is 21.6. The molecule has 0 aromatic heterocycles. The molecular weight excluding hydrogens is 274 g/mol. The summed E-state index contributed by atoms with van der Waals surface area (Å²) in [4.78, 5) is 0. The Morgan fingerprint density at radius 2 is 1.73 bits per heavy atom. The van der Waals surface area contributed by atoms with Crippen LogP contribution in [0.25, 0.3) is 0 Å². The van der Waals surface area contributed by atoms with Gasteiger partial charge in [-0.1, -0.05) is 32.4 Å². The van der Waals surface area contributed by atoms with Crippen LogP contribution in [0.4, 0.5) is 0 Å². The van der Waals surface area contributed by atoms with Crippen LogP contribution in [0.5, 0.6) is 0 Å². The Balaban J connectivity index is 3.89. The van der Waals surface area contributed by atoms with Gasteiger partial charge in [-0.3, -0.25) is 0 Å². The average Bonchev–Trinajstić information content (AvgIpc) is 2.48. The van der Waals surface area contributed by atoms with E-state index in [-0.39, 0.29) is 0 Å². The third kappa shape index (κ3) is 11.2. The van der Waals surface area contributed by atoms with Crippen LogP contribution in [0.3, 0.4) is 0 Å². The van der Waals surface area contributed by atoms with E-state index in [1.54, 1.807) is 0 Å². The van der Waals surface area contributed by atoms with Gasteiger partial charge in [0.15, 0.2) is 5.79 Å². The van der Waals surface area contributed by atoms with Gasteiger partial charge in [-0.2, -0.15) is 0 Å². The molecule has 3 nitrogen and oxygen atoms in total. The molecule has 0 aromatic rings. The molecule has 0 aliphatic carbocycles. The topological polar surface area (TPSA) is 30.5 Å². The van der Waals surface area contributed by atoms with E-state index in [1.807, 2.05) is 20.8 Å². The maximum absolute atomic E-state index is 5.78. The molecular formula is C19H39NO2. The molecule has 0 spiro atoms. The van der Waals surface area contributed by atoms with Crippen molar-refractivity contribution in [3.05, 3.63) is 11.6 Å². The second kappa shape index (κ2) is 13.1. The lowest BCUT2D eigenvalue weighted by atomic mass is 10.1. The fraction of sp³-hybridized carbons (Fsp3) is 0.895. The zero-order valence-electron chi connectivity index (χ0n) is 15.8. The molecule has 0 fully saturated rings. The van der Waals surface area contributed by atoms with Crippen molar-refractivity contribution in [1.29, 1.82) is 0 Å². The first-order valence-corrected chi connectivity index (χ1v) is 9.18. The molecule has 0 aliphatic heterocycles. The van der Waals surface area contributed by atoms with Crippen molar-refractivity contribution in [3.8, 4) is 0 Å². The van der Waals surface area contributed by atoms with Gasteiger partial charge >= 0.3 is 0 Å². The lowest BCUT2D eigenvalue weighted by molar-refractivity contribution is -0.204. The van der Waals surface area contributed by atoms with Crippen LogP contribution in [0.15, 0.2) is 11.6 Å². The molecule has 22 heavy (non-hydrogen) atoms. The van der Waals surface area contributed by atoms with E-state index in [9.17, 15) is 0 Å². The van der Waals surface area contributed by atoms with Crippen molar-refractivity contribution in [1.82, 2.24) is 5.32 Å². The van der Waals surface area contributed by atoms with Crippen LogP contribution in [0.1, 0.15) is 80.1 Å². The van der Waals surface area contributed by atoms with Gasteiger partial charge in [0.05, 0.1) is 6.61 Å². The van der Waals surface area contributed by atoms with Gasteiger partial charge in [-0.05, 0) is 65.8 Å². The molecule has 0 atom stereocenters. The molecule has 0 saturated carbocycles. The highest BCUT2D eigenvalue weighted by molar-refractivity contribution is 5.01. The van der Waals surface area contributed by atoms with E-state index in [1.165, 1.54) is 37.7 Å². The Kier molecular flexibility index (Phi) is 12.9. The summed E-state index contributed by atoms with van der Waals surface area (Å²) in [6.07, 6.45) is 9.47. The number of hydrogen-bond acceptors (Lipinski definition) is 3. The molecule has 0 aromatic carbocycles. The monoisotopic (exact) mass is 313 g/mol. The van der Waals surface area contributed by atoms with E-state index in [2.05, 4.69) is 32.2 Å². The minimum absolute atomic E-state index is 0.483. The minimum Gasteiger partial charge on any atom is -0.351 e. The number of ether oxygens (including phenoxy) is 2. The summed E-state index contributed by atoms with van der Waals surface area (Å²) in [5.41, 5.74) is 1.50. The highest BCUT2D eigenvalue weighted by atomic mass is 16.7. The molecule has 0 aliphatic rings. The zero-order chi connectivity index (χ0) is 16.8. The van der Waals surface area contributed by atoms with Crippen molar-refractivity contribution in [2.45, 2.75) is 91.9 Å². The molecule has 1 N–H and O–H groups in total. The predicted molar refractivity (Wildman–Crippen MR) is 96.3 cm³/mol. The fourth-order valence-corrected chi connectivity index (χ4v) is 2.53. The SMILES string of the molecule is CCOC(C)(C)OC/C=C(\CC)CCCCNC(CC)CC. The van der Waals surface area contributed by atoms with Gasteiger partial charge in [-0.15, -0.1) is 0 Å². The number of unbranched alkanes of at least 4 members (excludes halogenated alkanes) is 1. The third-order valence-corrected chi connectivity index (χ3v) is 4.09. The number of nitrogens with one attached hydrogen (secondary N) is 1. The first-order valence-electron chi connectivity index (χ1n) is 9.18. The maximum Gasteiger partial charge on any atom is 0.163 e. The van der Waals surface area contributed by atoms with Crippen LogP contribution in [-0.2, 0) is 9.47 Å². The van der Waals surface area contributed by atoms with Crippen LogP contribution < -0.4 is 5.32 Å². The second-order valence-electron chi connectivity index (χ2n) is 6.28. The molecule has 3 heteroatoms. The van der Waals surface area contributed by atoms with Gasteiger partial charge in [0.2, 0.25) is 0 Å². The highest BCUT2D eigenvalue weighted by Gasteiger charge is 2.16.